The Morgan fingerprint density at radius 3 is 2.45 bits per heavy atom. The Hall–Kier alpha value is -2.30. The quantitative estimate of drug-likeness (QED) is 0.641. The summed E-state index contributed by atoms with van der Waals surface area (Å²) >= 11 is 0. The van der Waals surface area contributed by atoms with Gasteiger partial charge in [-0.3, -0.25) is 9.59 Å². The summed E-state index contributed by atoms with van der Waals surface area (Å²) in [6.45, 7) is 5.25. The highest BCUT2D eigenvalue weighted by Crippen LogP contribution is 2.23. The fourth-order valence-electron chi connectivity index (χ4n) is 2.12. The molecular formula is C17H20O5. The second-order valence-electron chi connectivity index (χ2n) is 6.06. The summed E-state index contributed by atoms with van der Waals surface area (Å²) in [6, 6.07) is 9.31. The van der Waals surface area contributed by atoms with Crippen LogP contribution in [0, 0.1) is 5.92 Å². The van der Waals surface area contributed by atoms with E-state index in [1.807, 2.05) is 30.3 Å². The van der Waals surface area contributed by atoms with Crippen molar-refractivity contribution in [3.8, 4) is 0 Å². The van der Waals surface area contributed by atoms with Crippen LogP contribution >= 0.6 is 0 Å². The Bertz CT molecular complexity index is 645. The molecule has 0 amide bonds. The van der Waals surface area contributed by atoms with Gasteiger partial charge in [0.25, 0.3) is 0 Å². The van der Waals surface area contributed by atoms with Gasteiger partial charge in [0.2, 0.25) is 0 Å². The lowest BCUT2D eigenvalue weighted by Crippen LogP contribution is -2.34. The molecule has 0 aliphatic carbocycles. The second-order valence-corrected chi connectivity index (χ2v) is 6.06. The van der Waals surface area contributed by atoms with Gasteiger partial charge in [0, 0.05) is 11.8 Å². The van der Waals surface area contributed by atoms with Crippen molar-refractivity contribution in [1.82, 2.24) is 0 Å². The van der Waals surface area contributed by atoms with E-state index in [0.29, 0.717) is 11.3 Å². The number of methoxy groups -OCH3 is 1. The molecule has 5 nitrogen and oxygen atoms in total. The van der Waals surface area contributed by atoms with Crippen LogP contribution in [-0.4, -0.2) is 24.6 Å². The second kappa shape index (κ2) is 6.22. The number of rotatable bonds is 4. The van der Waals surface area contributed by atoms with Gasteiger partial charge in [-0.15, -0.1) is 0 Å². The third-order valence-electron chi connectivity index (χ3n) is 3.06. The van der Waals surface area contributed by atoms with Gasteiger partial charge in [-0.25, -0.2) is 0 Å². The Balaban J connectivity index is 2.22. The molecule has 0 bridgehead atoms. The standard InChI is InChI=1S/C17H20O5/c1-17(2,3)22-16(19)13(15(18)20-4)10-12-9-11-7-5-6-8-14(11)21-12/h5-9,13H,10H2,1-4H3. The number of hydrogen-bond donors (Lipinski definition) is 0. The first-order valence-corrected chi connectivity index (χ1v) is 7.08. The molecular weight excluding hydrogens is 284 g/mol. The fraction of sp³-hybridized carbons (Fsp3) is 0.412. The Morgan fingerprint density at radius 1 is 1.18 bits per heavy atom. The summed E-state index contributed by atoms with van der Waals surface area (Å²) in [5.74, 6) is -1.73. The van der Waals surface area contributed by atoms with Crippen molar-refractivity contribution < 1.29 is 23.5 Å². The average molecular weight is 304 g/mol. The minimum Gasteiger partial charge on any atom is -0.468 e. The number of para-hydroxylation sites is 1. The maximum absolute atomic E-state index is 12.2. The highest BCUT2D eigenvalue weighted by molar-refractivity contribution is 5.95. The van der Waals surface area contributed by atoms with Crippen molar-refractivity contribution in [2.45, 2.75) is 32.8 Å². The number of ether oxygens (including phenoxy) is 2. The summed E-state index contributed by atoms with van der Waals surface area (Å²) < 4.78 is 15.7. The van der Waals surface area contributed by atoms with E-state index in [1.54, 1.807) is 20.8 Å². The van der Waals surface area contributed by atoms with Crippen LogP contribution < -0.4 is 0 Å². The summed E-state index contributed by atoms with van der Waals surface area (Å²) in [6.07, 6.45) is 0.107. The zero-order valence-corrected chi connectivity index (χ0v) is 13.2. The summed E-state index contributed by atoms with van der Waals surface area (Å²) in [4.78, 5) is 24.1. The smallest absolute Gasteiger partial charge is 0.321 e. The molecule has 2 rings (SSSR count). The van der Waals surface area contributed by atoms with Crippen LogP contribution in [0.2, 0.25) is 0 Å². The zero-order valence-electron chi connectivity index (χ0n) is 13.2. The van der Waals surface area contributed by atoms with Crippen molar-refractivity contribution in [2.24, 2.45) is 5.92 Å². The number of hydrogen-bond acceptors (Lipinski definition) is 5. The number of esters is 2. The van der Waals surface area contributed by atoms with Crippen LogP contribution in [0.15, 0.2) is 34.7 Å². The Labute approximate surface area is 129 Å². The maximum Gasteiger partial charge on any atom is 0.321 e. The average Bonchev–Trinajstić information content (AvgIpc) is 2.84. The Morgan fingerprint density at radius 2 is 1.86 bits per heavy atom. The van der Waals surface area contributed by atoms with Crippen LogP contribution in [0.1, 0.15) is 26.5 Å². The molecule has 0 aliphatic heterocycles. The molecule has 1 aromatic carbocycles. The minimum atomic E-state index is -1.04. The molecule has 1 unspecified atom stereocenters. The monoisotopic (exact) mass is 304 g/mol. The first-order valence-electron chi connectivity index (χ1n) is 7.08. The van der Waals surface area contributed by atoms with E-state index in [9.17, 15) is 9.59 Å². The third-order valence-corrected chi connectivity index (χ3v) is 3.06. The normalized spacial score (nSPS) is 12.9. The summed E-state index contributed by atoms with van der Waals surface area (Å²) in [5.41, 5.74) is 0.0438. The van der Waals surface area contributed by atoms with Gasteiger partial charge in [0.15, 0.2) is 5.92 Å². The van der Waals surface area contributed by atoms with E-state index in [2.05, 4.69) is 0 Å². The number of carbonyl (C=O) groups is 2. The molecule has 0 spiro atoms. The molecule has 2 aromatic rings. The molecule has 0 fully saturated rings. The fourth-order valence-corrected chi connectivity index (χ4v) is 2.12. The van der Waals surface area contributed by atoms with Crippen molar-refractivity contribution in [1.29, 1.82) is 0 Å². The first kappa shape index (κ1) is 16.1. The van der Waals surface area contributed by atoms with Gasteiger partial charge in [-0.2, -0.15) is 0 Å². The summed E-state index contributed by atoms with van der Waals surface area (Å²) in [5, 5.41) is 0.922. The largest absolute Gasteiger partial charge is 0.468 e. The van der Waals surface area contributed by atoms with Gasteiger partial charge in [-0.1, -0.05) is 18.2 Å². The van der Waals surface area contributed by atoms with Gasteiger partial charge in [-0.05, 0) is 32.9 Å². The van der Waals surface area contributed by atoms with Crippen molar-refractivity contribution in [3.63, 3.8) is 0 Å². The third kappa shape index (κ3) is 3.87. The maximum atomic E-state index is 12.2. The van der Waals surface area contributed by atoms with Gasteiger partial charge >= 0.3 is 11.9 Å². The van der Waals surface area contributed by atoms with Crippen molar-refractivity contribution in [3.05, 3.63) is 36.1 Å². The highest BCUT2D eigenvalue weighted by atomic mass is 16.6. The Kier molecular flexibility index (Phi) is 4.54. The van der Waals surface area contributed by atoms with Crippen LogP contribution in [0.3, 0.4) is 0 Å². The predicted octanol–water partition coefficient (Wildman–Crippen LogP) is 3.11. The molecule has 0 N–H and O–H groups in total. The first-order chi connectivity index (χ1) is 10.3. The van der Waals surface area contributed by atoms with Crippen molar-refractivity contribution >= 4 is 22.9 Å². The predicted molar refractivity (Wildman–Crippen MR) is 81.3 cm³/mol. The van der Waals surface area contributed by atoms with Crippen LogP contribution in [-0.2, 0) is 25.5 Å². The topological polar surface area (TPSA) is 65.7 Å². The van der Waals surface area contributed by atoms with E-state index >= 15 is 0 Å². The number of fused-ring (bicyclic) bond motifs is 1. The zero-order chi connectivity index (χ0) is 16.3. The van der Waals surface area contributed by atoms with Gasteiger partial charge in [0.05, 0.1) is 7.11 Å². The molecule has 0 radical (unpaired) electrons. The van der Waals surface area contributed by atoms with Crippen LogP contribution in [0.5, 0.6) is 0 Å². The number of furan rings is 1. The molecule has 22 heavy (non-hydrogen) atoms. The number of carbonyl (C=O) groups excluding carboxylic acids is 2. The van der Waals surface area contributed by atoms with Crippen LogP contribution in [0.25, 0.3) is 11.0 Å². The van der Waals surface area contributed by atoms with E-state index in [1.165, 1.54) is 7.11 Å². The molecule has 5 heteroatoms. The molecule has 1 aromatic heterocycles. The van der Waals surface area contributed by atoms with Gasteiger partial charge < -0.3 is 13.9 Å². The molecule has 1 heterocycles. The molecule has 0 saturated carbocycles. The van der Waals surface area contributed by atoms with Gasteiger partial charge in [0.1, 0.15) is 16.9 Å². The summed E-state index contributed by atoms with van der Waals surface area (Å²) in [7, 11) is 1.25. The lowest BCUT2D eigenvalue weighted by molar-refractivity contribution is -0.168. The van der Waals surface area contributed by atoms with E-state index in [0.717, 1.165) is 5.39 Å². The SMILES string of the molecule is COC(=O)C(Cc1cc2ccccc2o1)C(=O)OC(C)(C)C. The molecule has 0 aliphatic rings. The van der Waals surface area contributed by atoms with E-state index in [4.69, 9.17) is 13.9 Å². The highest BCUT2D eigenvalue weighted by Gasteiger charge is 2.33. The minimum absolute atomic E-state index is 0.107. The molecule has 1 atom stereocenters. The van der Waals surface area contributed by atoms with Crippen LogP contribution in [0.4, 0.5) is 0 Å². The number of benzene rings is 1. The molecule has 118 valence electrons. The van der Waals surface area contributed by atoms with E-state index in [-0.39, 0.29) is 6.42 Å². The van der Waals surface area contributed by atoms with E-state index < -0.39 is 23.5 Å². The lowest BCUT2D eigenvalue weighted by atomic mass is 10.0. The van der Waals surface area contributed by atoms with Crippen molar-refractivity contribution in [2.75, 3.05) is 7.11 Å². The molecule has 0 saturated heterocycles. The lowest BCUT2D eigenvalue weighted by Gasteiger charge is -2.22.